The van der Waals surface area contributed by atoms with Crippen molar-refractivity contribution in [2.45, 2.75) is 5.03 Å². The highest BCUT2D eigenvalue weighted by Crippen LogP contribution is 2.28. The van der Waals surface area contributed by atoms with E-state index in [9.17, 15) is 4.79 Å². The average Bonchev–Trinajstić information content (AvgIpc) is 3.02. The number of thioether (sulfide) groups is 1. The SMILES string of the molecule is COc1ccc(NC(=O)CSc2nc(N)nc3nc[nH]c23)c(Br)c1. The number of imidazole rings is 1. The molecule has 3 aromatic rings. The smallest absolute Gasteiger partial charge is 0.234 e. The third-order valence-corrected chi connectivity index (χ3v) is 4.69. The number of anilines is 2. The Kier molecular flexibility index (Phi) is 4.86. The van der Waals surface area contributed by atoms with Crippen LogP contribution in [-0.4, -0.2) is 38.7 Å². The lowest BCUT2D eigenvalue weighted by Crippen LogP contribution is -2.14. The summed E-state index contributed by atoms with van der Waals surface area (Å²) in [7, 11) is 1.58. The summed E-state index contributed by atoms with van der Waals surface area (Å²) in [6.45, 7) is 0. The molecule has 8 nitrogen and oxygen atoms in total. The maximum Gasteiger partial charge on any atom is 0.234 e. The molecule has 0 aliphatic heterocycles. The van der Waals surface area contributed by atoms with E-state index in [0.29, 0.717) is 27.6 Å². The lowest BCUT2D eigenvalue weighted by atomic mass is 10.3. The van der Waals surface area contributed by atoms with Crippen LogP contribution in [0.4, 0.5) is 11.6 Å². The number of hydrogen-bond acceptors (Lipinski definition) is 7. The number of ether oxygens (including phenoxy) is 1. The second kappa shape index (κ2) is 7.05. The van der Waals surface area contributed by atoms with E-state index in [-0.39, 0.29) is 17.6 Å². The Morgan fingerprint density at radius 2 is 2.29 bits per heavy atom. The van der Waals surface area contributed by atoms with Crippen molar-refractivity contribution in [2.24, 2.45) is 0 Å². The number of halogens is 1. The molecule has 1 amide bonds. The molecule has 0 saturated heterocycles. The number of rotatable bonds is 5. The standard InChI is InChI=1S/C14H13BrN6O2S/c1-23-7-2-3-9(8(15)4-7)19-10(22)5-24-13-11-12(18-6-17-11)20-14(16)21-13/h2-4,6H,5H2,1H3,(H,19,22)(H3,16,17,18,20,21). The molecule has 3 rings (SSSR count). The van der Waals surface area contributed by atoms with Crippen LogP contribution in [0.15, 0.2) is 34.0 Å². The molecule has 0 radical (unpaired) electrons. The number of hydrogen-bond donors (Lipinski definition) is 3. The summed E-state index contributed by atoms with van der Waals surface area (Å²) in [6, 6.07) is 5.32. The first-order valence-electron chi connectivity index (χ1n) is 6.79. The highest BCUT2D eigenvalue weighted by atomic mass is 79.9. The largest absolute Gasteiger partial charge is 0.497 e. The molecule has 1 aromatic carbocycles. The molecule has 0 aliphatic carbocycles. The molecular weight excluding hydrogens is 396 g/mol. The van der Waals surface area contributed by atoms with E-state index in [1.165, 1.54) is 18.1 Å². The molecule has 0 spiro atoms. The number of amides is 1. The average molecular weight is 409 g/mol. The molecule has 2 aromatic heterocycles. The summed E-state index contributed by atoms with van der Waals surface area (Å²) in [5.41, 5.74) is 7.45. The number of methoxy groups -OCH3 is 1. The quantitative estimate of drug-likeness (QED) is 0.438. The first kappa shape index (κ1) is 16.5. The zero-order valence-electron chi connectivity index (χ0n) is 12.5. The molecular formula is C14H13BrN6O2S. The third-order valence-electron chi connectivity index (χ3n) is 3.06. The molecule has 0 saturated carbocycles. The van der Waals surface area contributed by atoms with Crippen LogP contribution >= 0.6 is 27.7 Å². The highest BCUT2D eigenvalue weighted by molar-refractivity contribution is 9.10. The van der Waals surface area contributed by atoms with E-state index in [0.717, 1.165) is 4.47 Å². The minimum Gasteiger partial charge on any atom is -0.497 e. The highest BCUT2D eigenvalue weighted by Gasteiger charge is 2.12. The molecule has 0 aliphatic rings. The Balaban J connectivity index is 1.68. The van der Waals surface area contributed by atoms with Crippen molar-refractivity contribution >= 4 is 56.4 Å². The van der Waals surface area contributed by atoms with Gasteiger partial charge in [-0.2, -0.15) is 4.98 Å². The summed E-state index contributed by atoms with van der Waals surface area (Å²) in [5.74, 6) is 0.821. The Bertz CT molecular complexity index is 900. The molecule has 0 bridgehead atoms. The van der Waals surface area contributed by atoms with E-state index in [1.807, 2.05) is 0 Å². The van der Waals surface area contributed by atoms with Crippen molar-refractivity contribution < 1.29 is 9.53 Å². The van der Waals surface area contributed by atoms with Crippen molar-refractivity contribution in [1.29, 1.82) is 0 Å². The van der Waals surface area contributed by atoms with Gasteiger partial charge in [-0.05, 0) is 34.1 Å². The number of fused-ring (bicyclic) bond motifs is 1. The van der Waals surface area contributed by atoms with E-state index >= 15 is 0 Å². The minimum atomic E-state index is -0.171. The summed E-state index contributed by atoms with van der Waals surface area (Å²) >= 11 is 4.65. The fraction of sp³-hybridized carbons (Fsp3) is 0.143. The van der Waals surface area contributed by atoms with Gasteiger partial charge in [0.15, 0.2) is 5.65 Å². The monoisotopic (exact) mass is 408 g/mol. The number of nitrogen functional groups attached to an aromatic ring is 1. The fourth-order valence-electron chi connectivity index (χ4n) is 1.97. The van der Waals surface area contributed by atoms with Crippen LogP contribution in [0.5, 0.6) is 5.75 Å². The van der Waals surface area contributed by atoms with Gasteiger partial charge in [0.1, 0.15) is 16.3 Å². The van der Waals surface area contributed by atoms with Crippen molar-refractivity contribution in [2.75, 3.05) is 23.9 Å². The number of nitrogens with two attached hydrogens (primary N) is 1. The van der Waals surface area contributed by atoms with Gasteiger partial charge in [-0.25, -0.2) is 9.97 Å². The topological polar surface area (TPSA) is 119 Å². The molecule has 0 atom stereocenters. The van der Waals surface area contributed by atoms with Crippen LogP contribution in [0.3, 0.4) is 0 Å². The summed E-state index contributed by atoms with van der Waals surface area (Å²) in [6.07, 6.45) is 1.51. The molecule has 0 fully saturated rings. The predicted molar refractivity (Wildman–Crippen MR) is 96.1 cm³/mol. The van der Waals surface area contributed by atoms with Gasteiger partial charge in [-0.1, -0.05) is 11.8 Å². The van der Waals surface area contributed by atoms with Crippen LogP contribution in [0.25, 0.3) is 11.2 Å². The number of benzene rings is 1. The van der Waals surface area contributed by atoms with Crippen molar-refractivity contribution in [3.8, 4) is 5.75 Å². The Hall–Kier alpha value is -2.33. The lowest BCUT2D eigenvalue weighted by molar-refractivity contribution is -0.113. The van der Waals surface area contributed by atoms with Gasteiger partial charge in [-0.15, -0.1) is 0 Å². The van der Waals surface area contributed by atoms with E-state index in [2.05, 4.69) is 41.2 Å². The van der Waals surface area contributed by atoms with Crippen LogP contribution < -0.4 is 15.8 Å². The van der Waals surface area contributed by atoms with Crippen LogP contribution in [-0.2, 0) is 4.79 Å². The van der Waals surface area contributed by atoms with Crippen molar-refractivity contribution in [3.63, 3.8) is 0 Å². The number of H-pyrrole nitrogens is 1. The zero-order valence-corrected chi connectivity index (χ0v) is 14.9. The normalized spacial score (nSPS) is 10.8. The minimum absolute atomic E-state index is 0.121. The van der Waals surface area contributed by atoms with Crippen LogP contribution in [0, 0.1) is 0 Å². The summed E-state index contributed by atoms with van der Waals surface area (Å²) < 4.78 is 5.86. The van der Waals surface area contributed by atoms with Gasteiger partial charge in [0.2, 0.25) is 11.9 Å². The zero-order chi connectivity index (χ0) is 17.1. The lowest BCUT2D eigenvalue weighted by Gasteiger charge is -2.09. The number of aromatic amines is 1. The van der Waals surface area contributed by atoms with E-state index < -0.39 is 0 Å². The molecule has 24 heavy (non-hydrogen) atoms. The molecule has 2 heterocycles. The van der Waals surface area contributed by atoms with Crippen LogP contribution in [0.2, 0.25) is 0 Å². The van der Waals surface area contributed by atoms with Crippen molar-refractivity contribution in [3.05, 3.63) is 29.0 Å². The second-order valence-electron chi connectivity index (χ2n) is 4.67. The number of nitrogens with one attached hydrogen (secondary N) is 2. The number of nitrogens with zero attached hydrogens (tertiary/aromatic N) is 3. The fourth-order valence-corrected chi connectivity index (χ4v) is 3.22. The van der Waals surface area contributed by atoms with Gasteiger partial charge in [0, 0.05) is 4.47 Å². The van der Waals surface area contributed by atoms with E-state index in [4.69, 9.17) is 10.5 Å². The maximum atomic E-state index is 12.2. The molecule has 0 unspecified atom stereocenters. The Labute approximate surface area is 149 Å². The second-order valence-corrected chi connectivity index (χ2v) is 6.49. The van der Waals surface area contributed by atoms with Crippen LogP contribution in [0.1, 0.15) is 0 Å². The predicted octanol–water partition coefficient (Wildman–Crippen LogP) is 2.44. The summed E-state index contributed by atoms with van der Waals surface area (Å²) in [5, 5.41) is 3.41. The third kappa shape index (κ3) is 3.60. The number of carbonyl (C=O) groups excluding carboxylic acids is 1. The maximum absolute atomic E-state index is 12.2. The summed E-state index contributed by atoms with van der Waals surface area (Å²) in [4.78, 5) is 27.3. The first-order chi connectivity index (χ1) is 11.6. The van der Waals surface area contributed by atoms with Crippen molar-refractivity contribution in [1.82, 2.24) is 19.9 Å². The van der Waals surface area contributed by atoms with Gasteiger partial charge in [0.05, 0.1) is 24.9 Å². The van der Waals surface area contributed by atoms with Gasteiger partial charge in [-0.3, -0.25) is 4.79 Å². The Morgan fingerprint density at radius 3 is 3.04 bits per heavy atom. The van der Waals surface area contributed by atoms with E-state index in [1.54, 1.807) is 25.3 Å². The van der Waals surface area contributed by atoms with Gasteiger partial charge < -0.3 is 20.8 Å². The molecule has 124 valence electrons. The number of carbonyl (C=O) groups is 1. The van der Waals surface area contributed by atoms with Gasteiger partial charge in [0.25, 0.3) is 0 Å². The Morgan fingerprint density at radius 1 is 1.46 bits per heavy atom. The molecule has 10 heteroatoms. The first-order valence-corrected chi connectivity index (χ1v) is 8.57. The number of aromatic nitrogens is 4. The molecule has 4 N–H and O–H groups in total. The van der Waals surface area contributed by atoms with Gasteiger partial charge >= 0.3 is 0 Å².